The van der Waals surface area contributed by atoms with Crippen LogP contribution in [0.15, 0.2) is 15.6 Å². The molecule has 1 atom stereocenters. The van der Waals surface area contributed by atoms with Gasteiger partial charge in [0.05, 0.1) is 23.9 Å². The first-order valence-corrected chi connectivity index (χ1v) is 9.91. The highest BCUT2D eigenvalue weighted by atomic mass is 32.2. The normalized spacial score (nSPS) is 20.0. The third-order valence-corrected chi connectivity index (χ3v) is 7.35. The summed E-state index contributed by atoms with van der Waals surface area (Å²) in [6.45, 7) is 1.76. The molecule has 7 nitrogen and oxygen atoms in total. The number of hydrogen-bond acceptors (Lipinski definition) is 7. The Morgan fingerprint density at radius 1 is 1.42 bits per heavy atom. The van der Waals surface area contributed by atoms with E-state index >= 15 is 0 Å². The number of β-lactam (4-membered cyclic amide) rings is 1. The van der Waals surface area contributed by atoms with Gasteiger partial charge in [0, 0.05) is 16.4 Å². The van der Waals surface area contributed by atoms with E-state index in [4.69, 9.17) is 5.11 Å². The number of carboxylic acids is 2. The highest BCUT2D eigenvalue weighted by molar-refractivity contribution is 8.01. The van der Waals surface area contributed by atoms with E-state index in [9.17, 15) is 19.5 Å². The minimum absolute atomic E-state index is 0.0540. The van der Waals surface area contributed by atoms with Gasteiger partial charge in [-0.2, -0.15) is 0 Å². The van der Waals surface area contributed by atoms with Crippen molar-refractivity contribution in [3.05, 3.63) is 21.8 Å². The van der Waals surface area contributed by atoms with E-state index < -0.39 is 11.9 Å². The van der Waals surface area contributed by atoms with E-state index in [2.05, 4.69) is 4.98 Å². The van der Waals surface area contributed by atoms with E-state index in [1.54, 1.807) is 18.7 Å². The third-order valence-electron chi connectivity index (χ3n) is 3.69. The lowest BCUT2D eigenvalue weighted by Crippen LogP contribution is -2.54. The third kappa shape index (κ3) is 3.31. The molecule has 0 spiro atoms. The van der Waals surface area contributed by atoms with E-state index in [0.29, 0.717) is 38.4 Å². The Kier molecular flexibility index (Phi) is 4.88. The summed E-state index contributed by atoms with van der Waals surface area (Å²) in [5, 5.41) is 18.3. The van der Waals surface area contributed by atoms with E-state index in [0.717, 1.165) is 0 Å². The maximum absolute atomic E-state index is 11.7. The number of carbonyl (C=O) groups is 3. The first-order chi connectivity index (χ1) is 11.4. The summed E-state index contributed by atoms with van der Waals surface area (Å²) in [5.41, 5.74) is 1.49. The molecule has 2 aliphatic rings. The second-order valence-corrected chi connectivity index (χ2v) is 8.81. The van der Waals surface area contributed by atoms with Gasteiger partial charge >= 0.3 is 11.9 Å². The van der Waals surface area contributed by atoms with Crippen LogP contribution in [0.2, 0.25) is 0 Å². The van der Waals surface area contributed by atoms with Crippen LogP contribution in [0.3, 0.4) is 0 Å². The molecule has 1 amide bonds. The zero-order valence-electron chi connectivity index (χ0n) is 12.6. The fraction of sp³-hybridized carbons (Fsp3) is 0.429. The standard InChI is InChI=1S/C14H14N2O5S3/c1-6-8(2-11(18)19)24-14(15-6)23-5-7-4-22-10-3-9(17)16(10)12(7)13(20)21/h10H,2-5H2,1H3,(H,18,19)(H,20,21)/t10-/m1/s1. The van der Waals surface area contributed by atoms with Crippen molar-refractivity contribution < 1.29 is 24.6 Å². The minimum Gasteiger partial charge on any atom is -0.481 e. The molecule has 0 saturated carbocycles. The Balaban J connectivity index is 1.75. The zero-order chi connectivity index (χ0) is 17.4. The molecule has 3 rings (SSSR count). The number of amides is 1. The number of carboxylic acid groups (broad SMARTS) is 2. The molecule has 1 aromatic rings. The van der Waals surface area contributed by atoms with Crippen molar-refractivity contribution in [3.8, 4) is 0 Å². The number of aliphatic carboxylic acids is 2. The average Bonchev–Trinajstić information content (AvgIpc) is 2.83. The van der Waals surface area contributed by atoms with Gasteiger partial charge < -0.3 is 10.2 Å². The number of thioether (sulfide) groups is 2. The summed E-state index contributed by atoms with van der Waals surface area (Å²) < 4.78 is 0.711. The fourth-order valence-electron chi connectivity index (χ4n) is 2.50. The van der Waals surface area contributed by atoms with Crippen molar-refractivity contribution in [1.82, 2.24) is 9.88 Å². The van der Waals surface area contributed by atoms with Gasteiger partial charge in [0.25, 0.3) is 0 Å². The number of nitrogens with zero attached hydrogens (tertiary/aromatic N) is 2. The summed E-state index contributed by atoms with van der Waals surface area (Å²) in [7, 11) is 0. The quantitative estimate of drug-likeness (QED) is 0.563. The van der Waals surface area contributed by atoms with Crippen LogP contribution in [0.4, 0.5) is 0 Å². The summed E-state index contributed by atoms with van der Waals surface area (Å²) in [5.74, 6) is -1.13. The van der Waals surface area contributed by atoms with Crippen LogP contribution < -0.4 is 0 Å². The molecule has 0 aromatic carbocycles. The Bertz CT molecular complexity index is 758. The molecule has 1 aromatic heterocycles. The number of hydrogen-bond donors (Lipinski definition) is 2. The van der Waals surface area contributed by atoms with E-state index in [1.807, 2.05) is 0 Å². The number of thiazole rings is 1. The number of rotatable bonds is 6. The zero-order valence-corrected chi connectivity index (χ0v) is 15.1. The minimum atomic E-state index is -1.08. The summed E-state index contributed by atoms with van der Waals surface area (Å²) in [6, 6.07) is 0. The predicted molar refractivity (Wildman–Crippen MR) is 91.3 cm³/mol. The van der Waals surface area contributed by atoms with E-state index in [1.165, 1.54) is 28.0 Å². The Hall–Kier alpha value is -1.52. The second-order valence-electron chi connectivity index (χ2n) is 5.34. The molecule has 3 heterocycles. The molecule has 1 saturated heterocycles. The van der Waals surface area contributed by atoms with Gasteiger partial charge in [0.2, 0.25) is 5.91 Å². The van der Waals surface area contributed by atoms with Crippen molar-refractivity contribution in [1.29, 1.82) is 0 Å². The van der Waals surface area contributed by atoms with Crippen LogP contribution in [0, 0.1) is 6.92 Å². The molecule has 2 N–H and O–H groups in total. The molecular formula is C14H14N2O5S3. The largest absolute Gasteiger partial charge is 0.481 e. The number of fused-ring (bicyclic) bond motifs is 1. The van der Waals surface area contributed by atoms with Gasteiger partial charge in [-0.3, -0.25) is 14.5 Å². The van der Waals surface area contributed by atoms with Crippen molar-refractivity contribution >= 4 is 52.7 Å². The highest BCUT2D eigenvalue weighted by Crippen LogP contribution is 2.41. The van der Waals surface area contributed by atoms with Crippen LogP contribution in [-0.2, 0) is 20.8 Å². The highest BCUT2D eigenvalue weighted by Gasteiger charge is 2.45. The van der Waals surface area contributed by atoms with Gasteiger partial charge in [-0.1, -0.05) is 11.8 Å². The van der Waals surface area contributed by atoms with Gasteiger partial charge in [0.15, 0.2) is 4.34 Å². The molecule has 10 heteroatoms. The lowest BCUT2D eigenvalue weighted by atomic mass is 10.1. The van der Waals surface area contributed by atoms with Crippen molar-refractivity contribution in [2.75, 3.05) is 11.5 Å². The van der Waals surface area contributed by atoms with Crippen molar-refractivity contribution in [2.45, 2.75) is 29.5 Å². The van der Waals surface area contributed by atoms with Crippen LogP contribution in [0.1, 0.15) is 17.0 Å². The Morgan fingerprint density at radius 2 is 2.17 bits per heavy atom. The molecule has 1 fully saturated rings. The molecule has 0 aliphatic carbocycles. The first kappa shape index (κ1) is 17.3. The Morgan fingerprint density at radius 3 is 2.79 bits per heavy atom. The fourth-order valence-corrected chi connectivity index (χ4v) is 6.13. The molecule has 0 radical (unpaired) electrons. The average molecular weight is 386 g/mol. The molecule has 0 bridgehead atoms. The predicted octanol–water partition coefficient (Wildman–Crippen LogP) is 1.81. The first-order valence-electron chi connectivity index (χ1n) is 7.06. The van der Waals surface area contributed by atoms with Crippen molar-refractivity contribution in [2.24, 2.45) is 0 Å². The van der Waals surface area contributed by atoms with Crippen LogP contribution in [-0.4, -0.2) is 54.8 Å². The lowest BCUT2D eigenvalue weighted by molar-refractivity contribution is -0.146. The Labute approximate surface area is 150 Å². The smallest absolute Gasteiger partial charge is 0.352 e. The summed E-state index contributed by atoms with van der Waals surface area (Å²) >= 11 is 4.27. The van der Waals surface area contributed by atoms with Gasteiger partial charge in [-0.15, -0.1) is 23.1 Å². The SMILES string of the molecule is Cc1nc(SCC2=C(C(=O)O)N3C(=O)C[C@H]3SC2)sc1CC(=O)O. The maximum Gasteiger partial charge on any atom is 0.352 e. The van der Waals surface area contributed by atoms with Crippen LogP contribution in [0.25, 0.3) is 0 Å². The topological polar surface area (TPSA) is 108 Å². The molecule has 0 unspecified atom stereocenters. The lowest BCUT2D eigenvalue weighted by Gasteiger charge is -2.43. The number of aromatic nitrogens is 1. The second kappa shape index (κ2) is 6.77. The van der Waals surface area contributed by atoms with E-state index in [-0.39, 0.29) is 23.4 Å². The van der Waals surface area contributed by atoms with Gasteiger partial charge in [0.1, 0.15) is 5.70 Å². The summed E-state index contributed by atoms with van der Waals surface area (Å²) in [4.78, 5) is 40.5. The maximum atomic E-state index is 11.7. The van der Waals surface area contributed by atoms with Crippen LogP contribution >= 0.6 is 34.9 Å². The number of carbonyl (C=O) groups excluding carboxylic acids is 1. The molecule has 2 aliphatic heterocycles. The summed E-state index contributed by atoms with van der Waals surface area (Å²) in [6.07, 6.45) is 0.332. The van der Waals surface area contributed by atoms with Gasteiger partial charge in [-0.25, -0.2) is 9.78 Å². The molecule has 24 heavy (non-hydrogen) atoms. The number of aryl methyl sites for hydroxylation is 1. The molecule has 128 valence electrons. The molecular weight excluding hydrogens is 372 g/mol. The van der Waals surface area contributed by atoms with Crippen molar-refractivity contribution in [3.63, 3.8) is 0 Å². The van der Waals surface area contributed by atoms with Crippen LogP contribution in [0.5, 0.6) is 0 Å². The van der Waals surface area contributed by atoms with Gasteiger partial charge in [-0.05, 0) is 12.5 Å². The monoisotopic (exact) mass is 386 g/mol.